The topological polar surface area (TPSA) is 86.9 Å². The summed E-state index contributed by atoms with van der Waals surface area (Å²) in [6.45, 7) is 0.979. The van der Waals surface area contributed by atoms with E-state index < -0.39 is 0 Å². The molecule has 2 heterocycles. The lowest BCUT2D eigenvalue weighted by atomic mass is 10.0. The van der Waals surface area contributed by atoms with Crippen LogP contribution in [0.5, 0.6) is 17.2 Å². The molecular weight excluding hydrogens is 374 g/mol. The molecule has 0 unspecified atom stereocenters. The van der Waals surface area contributed by atoms with Gasteiger partial charge in [-0.1, -0.05) is 29.4 Å². The van der Waals surface area contributed by atoms with Crippen LogP contribution in [0.1, 0.15) is 11.8 Å². The van der Waals surface area contributed by atoms with Crippen molar-refractivity contribution in [3.8, 4) is 28.6 Å². The number of nitrogens with zero attached hydrogens (tertiary/aromatic N) is 3. The molecule has 0 atom stereocenters. The molecule has 0 aliphatic carbocycles. The van der Waals surface area contributed by atoms with E-state index in [9.17, 15) is 4.79 Å². The van der Waals surface area contributed by atoms with E-state index in [1.54, 1.807) is 31.3 Å². The zero-order valence-corrected chi connectivity index (χ0v) is 16.2. The summed E-state index contributed by atoms with van der Waals surface area (Å²) in [4.78, 5) is 18.5. The highest BCUT2D eigenvalue weighted by atomic mass is 16.5. The molecule has 1 aromatic heterocycles. The number of ether oxygens (including phenoxy) is 3. The second-order valence-corrected chi connectivity index (χ2v) is 6.59. The molecule has 1 fully saturated rings. The van der Waals surface area contributed by atoms with Gasteiger partial charge in [-0.2, -0.15) is 4.98 Å². The van der Waals surface area contributed by atoms with Crippen LogP contribution < -0.4 is 14.2 Å². The monoisotopic (exact) mass is 395 g/mol. The Morgan fingerprint density at radius 2 is 1.69 bits per heavy atom. The minimum atomic E-state index is -0.100. The lowest BCUT2D eigenvalue weighted by Gasteiger charge is -2.36. The number of aromatic nitrogens is 2. The number of carbonyl (C=O) groups is 1. The summed E-state index contributed by atoms with van der Waals surface area (Å²) in [7, 11) is 3.16. The van der Waals surface area contributed by atoms with Gasteiger partial charge in [-0.05, 0) is 24.3 Å². The molecule has 2 aromatic carbocycles. The van der Waals surface area contributed by atoms with Crippen molar-refractivity contribution < 1.29 is 23.5 Å². The smallest absolute Gasteiger partial charge is 0.260 e. The highest BCUT2D eigenvalue weighted by Gasteiger charge is 2.36. The Balaban J connectivity index is 1.33. The standard InChI is InChI=1S/C21H21N3O5/c1-26-16-8-4-3-7-15(16)20-22-21(29-23-20)14-11-24(12-14)19(25)13-28-18-10-6-5-9-17(18)27-2/h3-10,14H,11-13H2,1-2H3. The Hall–Kier alpha value is -3.55. The van der Waals surface area contributed by atoms with Gasteiger partial charge in [0.25, 0.3) is 5.91 Å². The Morgan fingerprint density at radius 3 is 2.41 bits per heavy atom. The van der Waals surface area contributed by atoms with E-state index in [0.717, 1.165) is 5.56 Å². The zero-order chi connectivity index (χ0) is 20.2. The number of benzene rings is 2. The van der Waals surface area contributed by atoms with Crippen LogP contribution >= 0.6 is 0 Å². The maximum atomic E-state index is 12.4. The zero-order valence-electron chi connectivity index (χ0n) is 16.2. The van der Waals surface area contributed by atoms with Crippen LogP contribution in [-0.2, 0) is 4.79 Å². The number of hydrogen-bond donors (Lipinski definition) is 0. The van der Waals surface area contributed by atoms with Gasteiger partial charge in [0.2, 0.25) is 11.7 Å². The van der Waals surface area contributed by atoms with Crippen LogP contribution in [0.25, 0.3) is 11.4 Å². The molecule has 1 aliphatic heterocycles. The molecule has 0 bridgehead atoms. The first-order chi connectivity index (χ1) is 14.2. The van der Waals surface area contributed by atoms with E-state index in [1.165, 1.54) is 0 Å². The van der Waals surface area contributed by atoms with Gasteiger partial charge >= 0.3 is 0 Å². The molecule has 3 aromatic rings. The first-order valence-electron chi connectivity index (χ1n) is 9.20. The minimum absolute atomic E-state index is 0.0150. The third-order valence-electron chi connectivity index (χ3n) is 4.79. The Labute approximate surface area is 168 Å². The fraction of sp³-hybridized carbons (Fsp3) is 0.286. The number of carbonyl (C=O) groups excluding carboxylic acids is 1. The molecule has 0 spiro atoms. The number of rotatable bonds is 7. The number of likely N-dealkylation sites (tertiary alicyclic amines) is 1. The number of amides is 1. The first-order valence-corrected chi connectivity index (χ1v) is 9.20. The maximum absolute atomic E-state index is 12.4. The van der Waals surface area contributed by atoms with Gasteiger partial charge in [0.1, 0.15) is 5.75 Å². The van der Waals surface area contributed by atoms with E-state index in [1.807, 2.05) is 36.4 Å². The lowest BCUT2D eigenvalue weighted by Crippen LogP contribution is -2.50. The van der Waals surface area contributed by atoms with Crippen molar-refractivity contribution in [3.63, 3.8) is 0 Å². The van der Waals surface area contributed by atoms with E-state index in [-0.39, 0.29) is 18.4 Å². The average molecular weight is 395 g/mol. The number of para-hydroxylation sites is 3. The van der Waals surface area contributed by atoms with Crippen molar-refractivity contribution in [2.24, 2.45) is 0 Å². The van der Waals surface area contributed by atoms with Gasteiger partial charge in [0, 0.05) is 13.1 Å². The van der Waals surface area contributed by atoms with E-state index in [2.05, 4.69) is 10.1 Å². The highest BCUT2D eigenvalue weighted by Crippen LogP contribution is 2.31. The van der Waals surface area contributed by atoms with Crippen LogP contribution in [0.2, 0.25) is 0 Å². The summed E-state index contributed by atoms with van der Waals surface area (Å²) >= 11 is 0. The normalized spacial score (nSPS) is 13.7. The second-order valence-electron chi connectivity index (χ2n) is 6.59. The van der Waals surface area contributed by atoms with Gasteiger partial charge in [-0.15, -0.1) is 0 Å². The Morgan fingerprint density at radius 1 is 1.03 bits per heavy atom. The van der Waals surface area contributed by atoms with Crippen LogP contribution in [0.3, 0.4) is 0 Å². The summed E-state index contributed by atoms with van der Waals surface area (Å²) in [5.74, 6) is 2.72. The molecule has 150 valence electrons. The van der Waals surface area contributed by atoms with Gasteiger partial charge in [0.15, 0.2) is 18.1 Å². The van der Waals surface area contributed by atoms with Crippen LogP contribution in [-0.4, -0.2) is 54.9 Å². The predicted molar refractivity (Wildman–Crippen MR) is 104 cm³/mol. The summed E-state index contributed by atoms with van der Waals surface area (Å²) in [6, 6.07) is 14.7. The van der Waals surface area contributed by atoms with Gasteiger partial charge < -0.3 is 23.6 Å². The molecule has 0 radical (unpaired) electrons. The predicted octanol–water partition coefficient (Wildman–Crippen LogP) is 2.76. The van der Waals surface area contributed by atoms with E-state index >= 15 is 0 Å². The van der Waals surface area contributed by atoms with Crippen molar-refractivity contribution >= 4 is 5.91 Å². The van der Waals surface area contributed by atoms with Gasteiger partial charge in [0.05, 0.1) is 25.7 Å². The number of hydrogen-bond acceptors (Lipinski definition) is 7. The van der Waals surface area contributed by atoms with Crippen molar-refractivity contribution in [2.45, 2.75) is 5.92 Å². The third-order valence-corrected chi connectivity index (χ3v) is 4.79. The molecule has 1 saturated heterocycles. The summed E-state index contributed by atoms with van der Waals surface area (Å²) in [6.07, 6.45) is 0. The molecule has 1 amide bonds. The summed E-state index contributed by atoms with van der Waals surface area (Å²) in [5, 5.41) is 4.05. The number of methoxy groups -OCH3 is 2. The molecule has 4 rings (SSSR count). The van der Waals surface area contributed by atoms with Gasteiger partial charge in [-0.25, -0.2) is 0 Å². The molecule has 0 N–H and O–H groups in total. The molecule has 1 aliphatic rings. The fourth-order valence-electron chi connectivity index (χ4n) is 3.15. The molecule has 8 heteroatoms. The molecule has 8 nitrogen and oxygen atoms in total. The van der Waals surface area contributed by atoms with Crippen molar-refractivity contribution in [1.29, 1.82) is 0 Å². The highest BCUT2D eigenvalue weighted by molar-refractivity contribution is 5.79. The largest absolute Gasteiger partial charge is 0.496 e. The van der Waals surface area contributed by atoms with E-state index in [4.69, 9.17) is 18.7 Å². The van der Waals surface area contributed by atoms with Crippen LogP contribution in [0.4, 0.5) is 0 Å². The average Bonchev–Trinajstić information content (AvgIpc) is 3.20. The summed E-state index contributed by atoms with van der Waals surface area (Å²) < 4.78 is 21.6. The first kappa shape index (κ1) is 18.8. The van der Waals surface area contributed by atoms with Crippen molar-refractivity contribution in [3.05, 3.63) is 54.4 Å². The Kier molecular flexibility index (Phi) is 5.33. The lowest BCUT2D eigenvalue weighted by molar-refractivity contribution is -0.138. The molecule has 29 heavy (non-hydrogen) atoms. The van der Waals surface area contributed by atoms with Crippen LogP contribution in [0, 0.1) is 0 Å². The fourth-order valence-corrected chi connectivity index (χ4v) is 3.15. The Bertz CT molecular complexity index is 997. The third kappa shape index (κ3) is 3.87. The quantitative estimate of drug-likeness (QED) is 0.608. The minimum Gasteiger partial charge on any atom is -0.496 e. The van der Waals surface area contributed by atoms with Crippen LogP contribution in [0.15, 0.2) is 53.1 Å². The van der Waals surface area contributed by atoms with Crippen molar-refractivity contribution in [1.82, 2.24) is 15.0 Å². The van der Waals surface area contributed by atoms with E-state index in [0.29, 0.717) is 42.1 Å². The molecule has 0 saturated carbocycles. The van der Waals surface area contributed by atoms with Crippen molar-refractivity contribution in [2.75, 3.05) is 33.9 Å². The SMILES string of the molecule is COc1ccccc1OCC(=O)N1CC(c2nc(-c3ccccc3OC)no2)C1. The maximum Gasteiger partial charge on any atom is 0.260 e. The molecular formula is C21H21N3O5. The van der Waals surface area contributed by atoms with Gasteiger partial charge in [-0.3, -0.25) is 4.79 Å². The summed E-state index contributed by atoms with van der Waals surface area (Å²) in [5.41, 5.74) is 0.766. The second kappa shape index (κ2) is 8.22.